The van der Waals surface area contributed by atoms with Gasteiger partial charge in [0.1, 0.15) is 0 Å². The van der Waals surface area contributed by atoms with Crippen molar-refractivity contribution >= 4 is 5.69 Å². The highest BCUT2D eigenvalue weighted by Gasteiger charge is 2.25. The van der Waals surface area contributed by atoms with Crippen molar-refractivity contribution in [1.82, 2.24) is 0 Å². The van der Waals surface area contributed by atoms with Gasteiger partial charge in [-0.3, -0.25) is 0 Å². The van der Waals surface area contributed by atoms with Crippen molar-refractivity contribution in [1.29, 1.82) is 0 Å². The highest BCUT2D eigenvalue weighted by atomic mass is 15.0. The lowest BCUT2D eigenvalue weighted by Crippen LogP contribution is -2.35. The van der Waals surface area contributed by atoms with E-state index in [9.17, 15) is 0 Å². The fourth-order valence-electron chi connectivity index (χ4n) is 2.98. The molecule has 1 fully saturated rings. The molecule has 0 spiro atoms. The molecule has 19 heavy (non-hydrogen) atoms. The first kappa shape index (κ1) is 14.4. The summed E-state index contributed by atoms with van der Waals surface area (Å²) in [5, 5.41) is 3.68. The molecular weight excluding hydrogens is 232 g/mol. The third kappa shape index (κ3) is 3.11. The SMILES string of the molecule is Cc1cc(C(C)(C)C)cc(C)c1NC1CCCC1N. The minimum atomic E-state index is 0.206. The van der Waals surface area contributed by atoms with Gasteiger partial charge in [0, 0.05) is 17.8 Å². The maximum Gasteiger partial charge on any atom is 0.0412 e. The van der Waals surface area contributed by atoms with E-state index in [-0.39, 0.29) is 5.41 Å². The van der Waals surface area contributed by atoms with Crippen LogP contribution in [-0.4, -0.2) is 12.1 Å². The van der Waals surface area contributed by atoms with Crippen LogP contribution in [0, 0.1) is 13.8 Å². The zero-order valence-electron chi connectivity index (χ0n) is 13.0. The third-order valence-corrected chi connectivity index (χ3v) is 4.30. The second-order valence-electron chi connectivity index (χ2n) is 7.08. The molecule has 1 saturated carbocycles. The van der Waals surface area contributed by atoms with E-state index in [0.29, 0.717) is 12.1 Å². The van der Waals surface area contributed by atoms with Gasteiger partial charge in [-0.2, -0.15) is 0 Å². The smallest absolute Gasteiger partial charge is 0.0412 e. The molecule has 2 rings (SSSR count). The predicted molar refractivity (Wildman–Crippen MR) is 83.9 cm³/mol. The molecule has 1 aliphatic carbocycles. The van der Waals surface area contributed by atoms with Crippen molar-refractivity contribution in [3.05, 3.63) is 28.8 Å². The van der Waals surface area contributed by atoms with Crippen LogP contribution in [0.3, 0.4) is 0 Å². The molecule has 106 valence electrons. The highest BCUT2D eigenvalue weighted by Crippen LogP contribution is 2.31. The third-order valence-electron chi connectivity index (χ3n) is 4.30. The summed E-state index contributed by atoms with van der Waals surface area (Å²) < 4.78 is 0. The number of hydrogen-bond acceptors (Lipinski definition) is 2. The van der Waals surface area contributed by atoms with E-state index in [1.165, 1.54) is 35.2 Å². The molecule has 3 N–H and O–H groups in total. The van der Waals surface area contributed by atoms with E-state index >= 15 is 0 Å². The number of anilines is 1. The van der Waals surface area contributed by atoms with Gasteiger partial charge in [0.05, 0.1) is 0 Å². The second kappa shape index (κ2) is 5.16. The molecule has 2 heteroatoms. The fraction of sp³-hybridized carbons (Fsp3) is 0.647. The minimum absolute atomic E-state index is 0.206. The van der Waals surface area contributed by atoms with Crippen LogP contribution in [0.1, 0.15) is 56.7 Å². The summed E-state index contributed by atoms with van der Waals surface area (Å²) in [4.78, 5) is 0. The van der Waals surface area contributed by atoms with Crippen molar-refractivity contribution in [3.8, 4) is 0 Å². The van der Waals surface area contributed by atoms with Gasteiger partial charge in [-0.25, -0.2) is 0 Å². The molecule has 2 unspecified atom stereocenters. The molecule has 2 atom stereocenters. The van der Waals surface area contributed by atoms with Gasteiger partial charge in [-0.15, -0.1) is 0 Å². The lowest BCUT2D eigenvalue weighted by Gasteiger charge is -2.25. The van der Waals surface area contributed by atoms with Crippen LogP contribution in [0.4, 0.5) is 5.69 Å². The summed E-state index contributed by atoms with van der Waals surface area (Å²) in [7, 11) is 0. The summed E-state index contributed by atoms with van der Waals surface area (Å²) in [5.41, 5.74) is 11.7. The molecule has 0 radical (unpaired) electrons. The van der Waals surface area contributed by atoms with Gasteiger partial charge in [0.15, 0.2) is 0 Å². The number of nitrogens with two attached hydrogens (primary N) is 1. The Labute approximate surface area is 117 Å². The van der Waals surface area contributed by atoms with Crippen molar-refractivity contribution < 1.29 is 0 Å². The van der Waals surface area contributed by atoms with Crippen LogP contribution in [0.25, 0.3) is 0 Å². The van der Waals surface area contributed by atoms with Gasteiger partial charge in [0.25, 0.3) is 0 Å². The van der Waals surface area contributed by atoms with Crippen molar-refractivity contribution in [3.63, 3.8) is 0 Å². The Morgan fingerprint density at radius 2 is 1.68 bits per heavy atom. The summed E-state index contributed by atoms with van der Waals surface area (Å²) in [5.74, 6) is 0. The number of rotatable bonds is 2. The number of aryl methyl sites for hydroxylation is 2. The summed E-state index contributed by atoms with van der Waals surface area (Å²) in [6.07, 6.45) is 3.59. The first-order valence-electron chi connectivity index (χ1n) is 7.43. The molecule has 0 aliphatic heterocycles. The second-order valence-corrected chi connectivity index (χ2v) is 7.08. The van der Waals surface area contributed by atoms with Crippen LogP contribution < -0.4 is 11.1 Å². The Kier molecular flexibility index (Phi) is 3.91. The Hall–Kier alpha value is -1.02. The van der Waals surface area contributed by atoms with Gasteiger partial charge in [-0.05, 0) is 55.2 Å². The Morgan fingerprint density at radius 3 is 2.11 bits per heavy atom. The van der Waals surface area contributed by atoms with Crippen LogP contribution in [0.15, 0.2) is 12.1 Å². The van der Waals surface area contributed by atoms with Gasteiger partial charge >= 0.3 is 0 Å². The number of benzene rings is 1. The first-order valence-corrected chi connectivity index (χ1v) is 7.43. The van der Waals surface area contributed by atoms with Crippen LogP contribution in [0.5, 0.6) is 0 Å². The maximum absolute atomic E-state index is 6.16. The molecule has 0 heterocycles. The van der Waals surface area contributed by atoms with Crippen LogP contribution in [0.2, 0.25) is 0 Å². The normalized spacial score (nSPS) is 23.7. The quantitative estimate of drug-likeness (QED) is 0.846. The van der Waals surface area contributed by atoms with E-state index in [4.69, 9.17) is 5.73 Å². The molecule has 0 amide bonds. The molecule has 0 bridgehead atoms. The summed E-state index contributed by atoms with van der Waals surface area (Å²) in [6, 6.07) is 5.38. The zero-order chi connectivity index (χ0) is 14.2. The largest absolute Gasteiger partial charge is 0.380 e. The molecule has 1 aromatic rings. The number of nitrogens with one attached hydrogen (secondary N) is 1. The molecule has 0 aromatic heterocycles. The van der Waals surface area contributed by atoms with Crippen molar-refractivity contribution in [2.24, 2.45) is 5.73 Å². The van der Waals surface area contributed by atoms with Crippen molar-refractivity contribution in [2.45, 2.75) is 71.4 Å². The highest BCUT2D eigenvalue weighted by molar-refractivity contribution is 5.59. The first-order chi connectivity index (χ1) is 8.79. The molecular formula is C17H28N2. The Balaban J connectivity index is 2.27. The molecule has 0 saturated heterocycles. The predicted octanol–water partition coefficient (Wildman–Crippen LogP) is 3.89. The minimum Gasteiger partial charge on any atom is -0.380 e. The zero-order valence-corrected chi connectivity index (χ0v) is 13.0. The van der Waals surface area contributed by atoms with Crippen LogP contribution in [-0.2, 0) is 5.41 Å². The molecule has 2 nitrogen and oxygen atoms in total. The summed E-state index contributed by atoms with van der Waals surface area (Å²) in [6.45, 7) is 11.2. The van der Waals surface area contributed by atoms with Crippen molar-refractivity contribution in [2.75, 3.05) is 5.32 Å². The Bertz CT molecular complexity index is 434. The van der Waals surface area contributed by atoms with E-state index in [1.54, 1.807) is 0 Å². The van der Waals surface area contributed by atoms with E-state index in [2.05, 4.69) is 52.1 Å². The van der Waals surface area contributed by atoms with Gasteiger partial charge in [0.2, 0.25) is 0 Å². The van der Waals surface area contributed by atoms with Gasteiger partial charge < -0.3 is 11.1 Å². The fourth-order valence-corrected chi connectivity index (χ4v) is 2.98. The standard InChI is InChI=1S/C17H28N2/c1-11-9-13(17(3,4)5)10-12(2)16(11)19-15-8-6-7-14(15)18/h9-10,14-15,19H,6-8,18H2,1-5H3. The molecule has 1 aromatic carbocycles. The average Bonchev–Trinajstić information content (AvgIpc) is 2.68. The van der Waals surface area contributed by atoms with Gasteiger partial charge in [-0.1, -0.05) is 32.9 Å². The lowest BCUT2D eigenvalue weighted by atomic mass is 9.84. The lowest BCUT2D eigenvalue weighted by molar-refractivity contribution is 0.589. The van der Waals surface area contributed by atoms with E-state index < -0.39 is 0 Å². The maximum atomic E-state index is 6.16. The van der Waals surface area contributed by atoms with E-state index in [0.717, 1.165) is 6.42 Å². The summed E-state index contributed by atoms with van der Waals surface area (Å²) >= 11 is 0. The number of hydrogen-bond donors (Lipinski definition) is 2. The van der Waals surface area contributed by atoms with E-state index in [1.807, 2.05) is 0 Å². The Morgan fingerprint density at radius 1 is 1.11 bits per heavy atom. The average molecular weight is 260 g/mol. The van der Waals surface area contributed by atoms with Crippen LogP contribution >= 0.6 is 0 Å². The molecule has 1 aliphatic rings. The monoisotopic (exact) mass is 260 g/mol. The topological polar surface area (TPSA) is 38.0 Å².